The lowest BCUT2D eigenvalue weighted by molar-refractivity contribution is -0.153. The quantitative estimate of drug-likeness (QED) is 0.627. The first-order valence-corrected chi connectivity index (χ1v) is 11.9. The Labute approximate surface area is 193 Å². The largest absolute Gasteiger partial charge is 0.408 e. The van der Waals surface area contributed by atoms with Gasteiger partial charge in [0.05, 0.1) is 12.4 Å². The zero-order valence-corrected chi connectivity index (χ0v) is 19.5. The van der Waals surface area contributed by atoms with Crippen LogP contribution in [-0.4, -0.2) is 52.1 Å². The predicted molar refractivity (Wildman–Crippen MR) is 120 cm³/mol. The minimum atomic E-state index is -4.73. The average Bonchev–Trinajstić information content (AvgIpc) is 2.72. The number of ether oxygens (including phenoxy) is 1. The standard InChI is InChI=1S/C22H27F3N2O3S.ClH/c1-30-20-12-13-27(15-19(20)17-6-4-3-5-7-17)14-16-8-10-18(11-9-16)21(22(23,24)25)26-31(2,28)29;/h3-11,19-21,26H,12-15H2,1-2H3;1H/t19-,20+,21-;/m0./s1. The normalized spacial score (nSPS) is 21.0. The van der Waals surface area contributed by atoms with Gasteiger partial charge < -0.3 is 4.74 Å². The second-order valence-corrected chi connectivity index (χ2v) is 9.70. The molecule has 2 aromatic rings. The van der Waals surface area contributed by atoms with E-state index >= 15 is 0 Å². The van der Waals surface area contributed by atoms with Crippen LogP contribution in [-0.2, 0) is 21.3 Å². The first kappa shape index (κ1) is 26.6. The fourth-order valence-electron chi connectivity index (χ4n) is 4.06. The molecule has 1 aliphatic heterocycles. The molecule has 0 aromatic heterocycles. The minimum Gasteiger partial charge on any atom is -0.381 e. The van der Waals surface area contributed by atoms with Crippen molar-refractivity contribution in [2.75, 3.05) is 26.5 Å². The van der Waals surface area contributed by atoms with Crippen LogP contribution in [0.5, 0.6) is 0 Å². The van der Waals surface area contributed by atoms with E-state index in [0.29, 0.717) is 12.8 Å². The number of benzene rings is 2. The maximum absolute atomic E-state index is 13.3. The summed E-state index contributed by atoms with van der Waals surface area (Å²) in [5.74, 6) is 0.216. The van der Waals surface area contributed by atoms with E-state index in [0.717, 1.165) is 25.1 Å². The molecule has 0 spiro atoms. The van der Waals surface area contributed by atoms with Crippen LogP contribution in [0.3, 0.4) is 0 Å². The summed E-state index contributed by atoms with van der Waals surface area (Å²) < 4.78 is 70.1. The van der Waals surface area contributed by atoms with Crippen LogP contribution < -0.4 is 4.72 Å². The highest BCUT2D eigenvalue weighted by Crippen LogP contribution is 2.34. The third kappa shape index (κ3) is 7.18. The summed E-state index contributed by atoms with van der Waals surface area (Å²) in [7, 11) is -2.30. The molecule has 0 amide bonds. The van der Waals surface area contributed by atoms with Crippen LogP contribution in [0.25, 0.3) is 0 Å². The number of likely N-dealkylation sites (tertiary alicyclic amines) is 1. The number of methoxy groups -OCH3 is 1. The molecule has 1 fully saturated rings. The Morgan fingerprint density at radius 2 is 1.75 bits per heavy atom. The molecule has 0 aliphatic carbocycles. The molecule has 0 radical (unpaired) electrons. The van der Waals surface area contributed by atoms with Crippen molar-refractivity contribution in [2.45, 2.75) is 37.2 Å². The summed E-state index contributed by atoms with van der Waals surface area (Å²) in [6, 6.07) is 13.8. The number of hydrogen-bond donors (Lipinski definition) is 1. The second kappa shape index (κ2) is 11.0. The van der Waals surface area contributed by atoms with E-state index in [1.165, 1.54) is 17.7 Å². The molecule has 3 rings (SSSR count). The van der Waals surface area contributed by atoms with Gasteiger partial charge in [0.1, 0.15) is 6.04 Å². The number of hydrogen-bond acceptors (Lipinski definition) is 4. The molecule has 5 nitrogen and oxygen atoms in total. The van der Waals surface area contributed by atoms with Gasteiger partial charge in [-0.1, -0.05) is 54.6 Å². The van der Waals surface area contributed by atoms with Gasteiger partial charge in [-0.05, 0) is 23.1 Å². The Bertz CT molecular complexity index is 957. The van der Waals surface area contributed by atoms with Gasteiger partial charge in [-0.2, -0.15) is 17.9 Å². The first-order valence-electron chi connectivity index (χ1n) is 10.00. The van der Waals surface area contributed by atoms with Crippen molar-refractivity contribution in [3.8, 4) is 0 Å². The molecular formula is C22H28ClF3N2O3S. The molecule has 2 aromatic carbocycles. The highest BCUT2D eigenvalue weighted by atomic mass is 35.5. The van der Waals surface area contributed by atoms with Crippen LogP contribution in [0.1, 0.15) is 35.1 Å². The third-order valence-corrected chi connectivity index (χ3v) is 6.21. The predicted octanol–water partition coefficient (Wildman–Crippen LogP) is 4.27. The zero-order valence-electron chi connectivity index (χ0n) is 17.9. The van der Waals surface area contributed by atoms with Crippen molar-refractivity contribution in [3.63, 3.8) is 0 Å². The number of rotatable bonds is 7. The molecule has 0 saturated carbocycles. The number of nitrogens with one attached hydrogen (secondary N) is 1. The molecule has 0 bridgehead atoms. The van der Waals surface area contributed by atoms with Crippen molar-refractivity contribution in [1.82, 2.24) is 9.62 Å². The minimum absolute atomic E-state index is 0. The molecule has 1 N–H and O–H groups in total. The van der Waals surface area contributed by atoms with Crippen molar-refractivity contribution in [3.05, 3.63) is 71.3 Å². The van der Waals surface area contributed by atoms with Crippen LogP contribution >= 0.6 is 12.4 Å². The van der Waals surface area contributed by atoms with E-state index < -0.39 is 22.2 Å². The lowest BCUT2D eigenvalue weighted by Gasteiger charge is -2.38. The van der Waals surface area contributed by atoms with Crippen LogP contribution in [0.15, 0.2) is 54.6 Å². The van der Waals surface area contributed by atoms with Gasteiger partial charge in [0.15, 0.2) is 0 Å². The maximum Gasteiger partial charge on any atom is 0.408 e. The second-order valence-electron chi connectivity index (χ2n) is 7.92. The summed E-state index contributed by atoms with van der Waals surface area (Å²) in [6.45, 7) is 2.20. The summed E-state index contributed by atoms with van der Waals surface area (Å²) in [4.78, 5) is 2.26. The molecule has 32 heavy (non-hydrogen) atoms. The van der Waals surface area contributed by atoms with E-state index in [-0.39, 0.29) is 30.0 Å². The monoisotopic (exact) mass is 492 g/mol. The lowest BCUT2D eigenvalue weighted by Crippen LogP contribution is -2.42. The summed E-state index contributed by atoms with van der Waals surface area (Å²) in [5, 5.41) is 0. The van der Waals surface area contributed by atoms with Crippen molar-refractivity contribution < 1.29 is 26.3 Å². The molecule has 1 saturated heterocycles. The lowest BCUT2D eigenvalue weighted by atomic mass is 9.87. The maximum atomic E-state index is 13.3. The Balaban J connectivity index is 0.00000363. The van der Waals surface area contributed by atoms with Crippen molar-refractivity contribution >= 4 is 22.4 Å². The molecule has 3 atom stereocenters. The first-order chi connectivity index (χ1) is 14.6. The number of alkyl halides is 3. The van der Waals surface area contributed by atoms with Gasteiger partial charge >= 0.3 is 6.18 Å². The summed E-state index contributed by atoms with van der Waals surface area (Å²) in [6.07, 6.45) is -3.03. The van der Waals surface area contributed by atoms with Crippen LogP contribution in [0.4, 0.5) is 13.2 Å². The summed E-state index contributed by atoms with van der Waals surface area (Å²) in [5.41, 5.74) is 1.93. The molecular weight excluding hydrogens is 465 g/mol. The van der Waals surface area contributed by atoms with Gasteiger partial charge in [0.2, 0.25) is 10.0 Å². The van der Waals surface area contributed by atoms with E-state index in [9.17, 15) is 21.6 Å². The van der Waals surface area contributed by atoms with E-state index in [1.54, 1.807) is 24.0 Å². The van der Waals surface area contributed by atoms with Gasteiger partial charge in [-0.15, -0.1) is 12.4 Å². The van der Waals surface area contributed by atoms with Gasteiger partial charge in [-0.3, -0.25) is 4.90 Å². The molecule has 0 unspecified atom stereocenters. The zero-order chi connectivity index (χ0) is 22.6. The SMILES string of the molecule is CO[C@@H]1CCN(Cc2ccc([C@H](NS(C)(=O)=O)C(F)(F)F)cc2)C[C@H]1c1ccccc1.Cl. The van der Waals surface area contributed by atoms with Gasteiger partial charge in [-0.25, -0.2) is 8.42 Å². The van der Waals surface area contributed by atoms with Gasteiger partial charge in [0, 0.05) is 32.7 Å². The number of piperidine rings is 1. The topological polar surface area (TPSA) is 58.6 Å². The van der Waals surface area contributed by atoms with Crippen molar-refractivity contribution in [2.24, 2.45) is 0 Å². The molecule has 1 aliphatic rings. The number of sulfonamides is 1. The highest BCUT2D eigenvalue weighted by Gasteiger charge is 2.42. The molecule has 178 valence electrons. The molecule has 10 heteroatoms. The molecule has 1 heterocycles. The van der Waals surface area contributed by atoms with Crippen LogP contribution in [0.2, 0.25) is 0 Å². The summed E-state index contributed by atoms with van der Waals surface area (Å²) >= 11 is 0. The average molecular weight is 493 g/mol. The Kier molecular flexibility index (Phi) is 9.13. The number of nitrogens with zero attached hydrogens (tertiary/aromatic N) is 1. The van der Waals surface area contributed by atoms with E-state index in [1.807, 2.05) is 18.2 Å². The van der Waals surface area contributed by atoms with Crippen molar-refractivity contribution in [1.29, 1.82) is 0 Å². The van der Waals surface area contributed by atoms with Gasteiger partial charge in [0.25, 0.3) is 0 Å². The van der Waals surface area contributed by atoms with E-state index in [2.05, 4.69) is 17.0 Å². The third-order valence-electron chi connectivity index (χ3n) is 5.54. The highest BCUT2D eigenvalue weighted by molar-refractivity contribution is 7.88. The van der Waals surface area contributed by atoms with Crippen LogP contribution in [0, 0.1) is 0 Å². The fraction of sp³-hybridized carbons (Fsp3) is 0.455. The smallest absolute Gasteiger partial charge is 0.381 e. The number of halogens is 4. The van der Waals surface area contributed by atoms with E-state index in [4.69, 9.17) is 4.74 Å². The Hall–Kier alpha value is -1.65. The fourth-order valence-corrected chi connectivity index (χ4v) is 4.75. The Morgan fingerprint density at radius 3 is 2.28 bits per heavy atom. The Morgan fingerprint density at radius 1 is 1.12 bits per heavy atom.